The van der Waals surface area contributed by atoms with Crippen LogP contribution in [0.1, 0.15) is 48.8 Å². The second-order valence-electron chi connectivity index (χ2n) is 8.73. The zero-order valence-electron chi connectivity index (χ0n) is 18.9. The van der Waals surface area contributed by atoms with Gasteiger partial charge in [-0.3, -0.25) is 14.4 Å². The van der Waals surface area contributed by atoms with E-state index in [1.54, 1.807) is 0 Å². The Morgan fingerprint density at radius 3 is 2.39 bits per heavy atom. The van der Waals surface area contributed by atoms with Crippen molar-refractivity contribution in [2.24, 2.45) is 5.92 Å². The minimum Gasteiger partial charge on any atom is -0.340 e. The first-order chi connectivity index (χ1) is 14.8. The molecule has 1 fully saturated rings. The van der Waals surface area contributed by atoms with E-state index in [0.717, 1.165) is 28.7 Å². The lowest BCUT2D eigenvalue weighted by Crippen LogP contribution is -2.49. The number of halogens is 1. The largest absolute Gasteiger partial charge is 0.340 e. The summed E-state index contributed by atoms with van der Waals surface area (Å²) in [7, 11) is 0. The van der Waals surface area contributed by atoms with Gasteiger partial charge in [0.2, 0.25) is 5.91 Å². The summed E-state index contributed by atoms with van der Waals surface area (Å²) in [5, 5.41) is 14.4. The molecule has 2 aromatic rings. The third-order valence-corrected chi connectivity index (χ3v) is 6.53. The summed E-state index contributed by atoms with van der Waals surface area (Å²) in [6.45, 7) is 12.2. The van der Waals surface area contributed by atoms with Crippen molar-refractivity contribution < 1.29 is 4.79 Å². The number of hydrogen-bond acceptors (Lipinski definition) is 4. The van der Waals surface area contributed by atoms with Gasteiger partial charge in [-0.15, -0.1) is 0 Å². The molecule has 1 aliphatic heterocycles. The highest BCUT2D eigenvalue weighted by Crippen LogP contribution is 2.24. The molecule has 0 spiro atoms. The standard InChI is InChI=1S/C24H32BrN5O/c1-17(2)16-30-19(4)22(18(3)27-30)9-10-24(31)29-13-11-28(12-14-29)23(15-26)20-5-7-21(25)8-6-20/h5-8,17,23H,9-14,16H2,1-4H3/t23-/m0/s1. The maximum absolute atomic E-state index is 12.8. The van der Waals surface area contributed by atoms with Crippen LogP contribution in [0.15, 0.2) is 28.7 Å². The molecule has 1 aliphatic rings. The Morgan fingerprint density at radius 1 is 1.16 bits per heavy atom. The maximum atomic E-state index is 12.8. The van der Waals surface area contributed by atoms with Gasteiger partial charge in [-0.05, 0) is 49.4 Å². The smallest absolute Gasteiger partial charge is 0.222 e. The van der Waals surface area contributed by atoms with E-state index in [1.807, 2.05) is 36.1 Å². The fourth-order valence-electron chi connectivity index (χ4n) is 4.25. The molecule has 2 heterocycles. The molecule has 1 aromatic carbocycles. The quantitative estimate of drug-likeness (QED) is 0.587. The second kappa shape index (κ2) is 10.4. The minimum absolute atomic E-state index is 0.187. The first kappa shape index (κ1) is 23.5. The Kier molecular flexibility index (Phi) is 7.90. The van der Waals surface area contributed by atoms with Gasteiger partial charge in [0.05, 0.1) is 11.8 Å². The molecule has 166 valence electrons. The molecular formula is C24H32BrN5O. The number of benzene rings is 1. The summed E-state index contributed by atoms with van der Waals surface area (Å²) < 4.78 is 3.08. The lowest BCUT2D eigenvalue weighted by molar-refractivity contribution is -0.133. The molecular weight excluding hydrogens is 454 g/mol. The summed E-state index contributed by atoms with van der Waals surface area (Å²) >= 11 is 3.44. The van der Waals surface area contributed by atoms with Gasteiger partial charge in [-0.25, -0.2) is 0 Å². The second-order valence-corrected chi connectivity index (χ2v) is 9.64. The van der Waals surface area contributed by atoms with Gasteiger partial charge in [-0.1, -0.05) is 41.9 Å². The number of carbonyl (C=O) groups is 1. The van der Waals surface area contributed by atoms with Gasteiger partial charge in [0.15, 0.2) is 0 Å². The van der Waals surface area contributed by atoms with Crippen LogP contribution in [0, 0.1) is 31.1 Å². The number of nitrogens with zero attached hydrogens (tertiary/aromatic N) is 5. The van der Waals surface area contributed by atoms with Gasteiger partial charge < -0.3 is 4.90 Å². The number of piperazine rings is 1. The highest BCUT2D eigenvalue weighted by molar-refractivity contribution is 9.10. The molecule has 0 saturated carbocycles. The van der Waals surface area contributed by atoms with E-state index in [2.05, 4.69) is 57.5 Å². The van der Waals surface area contributed by atoms with Crippen LogP contribution >= 0.6 is 15.9 Å². The Bertz CT molecular complexity index is 936. The fourth-order valence-corrected chi connectivity index (χ4v) is 4.52. The van der Waals surface area contributed by atoms with Gasteiger partial charge in [0.1, 0.15) is 6.04 Å². The molecule has 3 rings (SSSR count). The molecule has 1 amide bonds. The Hall–Kier alpha value is -2.17. The Morgan fingerprint density at radius 2 is 1.81 bits per heavy atom. The zero-order chi connectivity index (χ0) is 22.5. The van der Waals surface area contributed by atoms with Crippen LogP contribution in [0.3, 0.4) is 0 Å². The Balaban J connectivity index is 1.54. The van der Waals surface area contributed by atoms with Gasteiger partial charge >= 0.3 is 0 Å². The molecule has 1 saturated heterocycles. The van der Waals surface area contributed by atoms with Gasteiger partial charge in [-0.2, -0.15) is 10.4 Å². The highest BCUT2D eigenvalue weighted by atomic mass is 79.9. The summed E-state index contributed by atoms with van der Waals surface area (Å²) in [6, 6.07) is 10.1. The van der Waals surface area contributed by atoms with E-state index >= 15 is 0 Å². The van der Waals surface area contributed by atoms with Crippen molar-refractivity contribution in [3.8, 4) is 6.07 Å². The SMILES string of the molecule is Cc1nn(CC(C)C)c(C)c1CCC(=O)N1CCN([C@@H](C#N)c2ccc(Br)cc2)CC1. The average molecular weight is 486 g/mol. The highest BCUT2D eigenvalue weighted by Gasteiger charge is 2.27. The Labute approximate surface area is 194 Å². The van der Waals surface area contributed by atoms with Crippen molar-refractivity contribution in [1.29, 1.82) is 5.26 Å². The molecule has 0 N–H and O–H groups in total. The average Bonchev–Trinajstić information content (AvgIpc) is 3.00. The van der Waals surface area contributed by atoms with Crippen LogP contribution in [0.5, 0.6) is 0 Å². The van der Waals surface area contributed by atoms with Crippen LogP contribution in [0.25, 0.3) is 0 Å². The van der Waals surface area contributed by atoms with Crippen molar-refractivity contribution in [1.82, 2.24) is 19.6 Å². The topological polar surface area (TPSA) is 65.2 Å². The molecule has 7 heteroatoms. The normalized spacial score (nSPS) is 15.8. The van der Waals surface area contributed by atoms with Crippen molar-refractivity contribution in [3.63, 3.8) is 0 Å². The summed E-state index contributed by atoms with van der Waals surface area (Å²) in [5.74, 6) is 0.727. The van der Waals surface area contributed by atoms with Crippen molar-refractivity contribution in [2.75, 3.05) is 26.2 Å². The van der Waals surface area contributed by atoms with Crippen molar-refractivity contribution in [3.05, 3.63) is 51.3 Å². The maximum Gasteiger partial charge on any atom is 0.222 e. The molecule has 6 nitrogen and oxygen atoms in total. The number of aryl methyl sites for hydroxylation is 1. The van der Waals surface area contributed by atoms with E-state index in [9.17, 15) is 10.1 Å². The van der Waals surface area contributed by atoms with E-state index in [-0.39, 0.29) is 11.9 Å². The van der Waals surface area contributed by atoms with E-state index in [0.29, 0.717) is 38.5 Å². The monoisotopic (exact) mass is 485 g/mol. The van der Waals surface area contributed by atoms with Crippen LogP contribution in [-0.2, 0) is 17.8 Å². The van der Waals surface area contributed by atoms with Crippen LogP contribution in [-0.4, -0.2) is 51.7 Å². The minimum atomic E-state index is -0.276. The third-order valence-electron chi connectivity index (χ3n) is 6.00. The first-order valence-electron chi connectivity index (χ1n) is 11.0. The van der Waals surface area contributed by atoms with E-state index in [4.69, 9.17) is 0 Å². The van der Waals surface area contributed by atoms with Crippen LogP contribution in [0.2, 0.25) is 0 Å². The molecule has 0 radical (unpaired) electrons. The van der Waals surface area contributed by atoms with Crippen molar-refractivity contribution in [2.45, 2.75) is 53.1 Å². The zero-order valence-corrected chi connectivity index (χ0v) is 20.5. The van der Waals surface area contributed by atoms with Crippen LogP contribution < -0.4 is 0 Å². The van der Waals surface area contributed by atoms with Gasteiger partial charge in [0.25, 0.3) is 0 Å². The fraction of sp³-hybridized carbons (Fsp3) is 0.542. The summed E-state index contributed by atoms with van der Waals surface area (Å²) in [4.78, 5) is 16.9. The number of hydrogen-bond donors (Lipinski definition) is 0. The summed E-state index contributed by atoms with van der Waals surface area (Å²) in [6.07, 6.45) is 1.23. The predicted octanol–water partition coefficient (Wildman–Crippen LogP) is 4.26. The number of nitriles is 1. The van der Waals surface area contributed by atoms with E-state index in [1.165, 1.54) is 11.3 Å². The summed E-state index contributed by atoms with van der Waals surface area (Å²) in [5.41, 5.74) is 4.40. The lowest BCUT2D eigenvalue weighted by atomic mass is 10.0. The third kappa shape index (κ3) is 5.75. The number of rotatable bonds is 7. The van der Waals surface area contributed by atoms with Gasteiger partial charge in [0, 0.05) is 49.3 Å². The molecule has 0 bridgehead atoms. The number of aromatic nitrogens is 2. The van der Waals surface area contributed by atoms with E-state index < -0.39 is 0 Å². The molecule has 0 unspecified atom stereocenters. The molecule has 0 aliphatic carbocycles. The van der Waals surface area contributed by atoms with Crippen LogP contribution in [0.4, 0.5) is 0 Å². The lowest BCUT2D eigenvalue weighted by Gasteiger charge is -2.37. The molecule has 1 aromatic heterocycles. The predicted molar refractivity (Wildman–Crippen MR) is 126 cm³/mol. The number of amides is 1. The number of carbonyl (C=O) groups excluding carboxylic acids is 1. The molecule has 1 atom stereocenters. The molecule has 31 heavy (non-hydrogen) atoms. The first-order valence-corrected chi connectivity index (χ1v) is 11.8. The van der Waals surface area contributed by atoms with Crippen molar-refractivity contribution >= 4 is 21.8 Å².